The van der Waals surface area contributed by atoms with Crippen LogP contribution in [0.15, 0.2) is 48.7 Å². The summed E-state index contributed by atoms with van der Waals surface area (Å²) in [5, 5.41) is 7.11. The number of benzene rings is 1. The molecule has 4 nitrogen and oxygen atoms in total. The highest BCUT2D eigenvalue weighted by Crippen LogP contribution is 2.29. The predicted molar refractivity (Wildman–Crippen MR) is 91.3 cm³/mol. The van der Waals surface area contributed by atoms with Gasteiger partial charge in [0, 0.05) is 30.2 Å². The second-order valence-corrected chi connectivity index (χ2v) is 6.34. The maximum absolute atomic E-state index is 12.7. The van der Waals surface area contributed by atoms with Gasteiger partial charge in [0.1, 0.15) is 0 Å². The van der Waals surface area contributed by atoms with E-state index in [-0.39, 0.29) is 23.8 Å². The summed E-state index contributed by atoms with van der Waals surface area (Å²) in [6, 6.07) is 13.4. The fourth-order valence-electron chi connectivity index (χ4n) is 3.04. The van der Waals surface area contributed by atoms with Crippen molar-refractivity contribution in [3.8, 4) is 0 Å². The summed E-state index contributed by atoms with van der Waals surface area (Å²) in [7, 11) is 0. The molecule has 1 aromatic heterocycles. The van der Waals surface area contributed by atoms with Gasteiger partial charge >= 0.3 is 0 Å². The summed E-state index contributed by atoms with van der Waals surface area (Å²) < 4.78 is 0. The molecule has 120 valence electrons. The van der Waals surface area contributed by atoms with Gasteiger partial charge in [-0.25, -0.2) is 0 Å². The van der Waals surface area contributed by atoms with Gasteiger partial charge in [-0.3, -0.25) is 9.78 Å². The second-order valence-electron chi connectivity index (χ2n) is 5.91. The molecule has 0 unspecified atom stereocenters. The van der Waals surface area contributed by atoms with E-state index in [0.29, 0.717) is 11.6 Å². The first-order valence-electron chi connectivity index (χ1n) is 7.82. The molecule has 1 saturated heterocycles. The van der Waals surface area contributed by atoms with Gasteiger partial charge in [-0.05, 0) is 36.8 Å². The molecule has 2 heterocycles. The summed E-state index contributed by atoms with van der Waals surface area (Å²) in [4.78, 5) is 17.0. The fourth-order valence-corrected chi connectivity index (χ4v) is 3.17. The average Bonchev–Trinajstić information content (AvgIpc) is 3.06. The molecule has 0 saturated carbocycles. The summed E-state index contributed by atoms with van der Waals surface area (Å²) in [6.45, 7) is 3.45. The van der Waals surface area contributed by atoms with Crippen LogP contribution < -0.4 is 10.6 Å². The third-order valence-electron chi connectivity index (χ3n) is 4.34. The van der Waals surface area contributed by atoms with Gasteiger partial charge in [0.2, 0.25) is 5.91 Å². The molecule has 5 heteroatoms. The standard InChI is InChI=1S/C18H20ClN3O/c1-12(17-4-2-3-9-21-17)22-18(23)16-11-20-10-15(16)13-5-7-14(19)8-6-13/h2-9,12,15-16,20H,10-11H2,1H3,(H,22,23)/t12-,15-,16+/m1/s1. The van der Waals surface area contributed by atoms with E-state index in [2.05, 4.69) is 15.6 Å². The van der Waals surface area contributed by atoms with Crippen LogP contribution in [0.25, 0.3) is 0 Å². The van der Waals surface area contributed by atoms with Crippen molar-refractivity contribution in [1.29, 1.82) is 0 Å². The number of halogens is 1. The van der Waals surface area contributed by atoms with E-state index in [9.17, 15) is 4.79 Å². The Bertz CT molecular complexity index is 660. The van der Waals surface area contributed by atoms with Crippen LogP contribution in [-0.2, 0) is 4.79 Å². The Morgan fingerprint density at radius 2 is 2.04 bits per heavy atom. The number of rotatable bonds is 4. The number of nitrogens with zero attached hydrogens (tertiary/aromatic N) is 1. The van der Waals surface area contributed by atoms with Gasteiger partial charge in [0.15, 0.2) is 0 Å². The molecule has 3 rings (SSSR count). The fraction of sp³-hybridized carbons (Fsp3) is 0.333. The molecule has 1 aromatic carbocycles. The molecule has 1 amide bonds. The zero-order chi connectivity index (χ0) is 16.2. The largest absolute Gasteiger partial charge is 0.348 e. The molecule has 0 aliphatic carbocycles. The van der Waals surface area contributed by atoms with E-state index >= 15 is 0 Å². The molecular formula is C18H20ClN3O. The first-order chi connectivity index (χ1) is 11.1. The Morgan fingerprint density at radius 3 is 2.74 bits per heavy atom. The van der Waals surface area contributed by atoms with E-state index in [4.69, 9.17) is 11.6 Å². The quantitative estimate of drug-likeness (QED) is 0.907. The van der Waals surface area contributed by atoms with Crippen molar-refractivity contribution in [3.05, 3.63) is 64.9 Å². The topological polar surface area (TPSA) is 54.0 Å². The van der Waals surface area contributed by atoms with Crippen molar-refractivity contribution in [2.75, 3.05) is 13.1 Å². The Kier molecular flexibility index (Phi) is 4.94. The molecule has 0 radical (unpaired) electrons. The molecule has 1 fully saturated rings. The molecule has 2 N–H and O–H groups in total. The van der Waals surface area contributed by atoms with Crippen LogP contribution in [0, 0.1) is 5.92 Å². The minimum absolute atomic E-state index is 0.0631. The Balaban J connectivity index is 1.69. The van der Waals surface area contributed by atoms with Gasteiger partial charge in [-0.2, -0.15) is 0 Å². The molecular weight excluding hydrogens is 310 g/mol. The zero-order valence-electron chi connectivity index (χ0n) is 13.0. The van der Waals surface area contributed by atoms with Gasteiger partial charge in [-0.1, -0.05) is 29.8 Å². The van der Waals surface area contributed by atoms with Crippen LogP contribution in [-0.4, -0.2) is 24.0 Å². The number of hydrogen-bond acceptors (Lipinski definition) is 3. The normalized spacial score (nSPS) is 21.8. The van der Waals surface area contributed by atoms with E-state index in [1.807, 2.05) is 49.4 Å². The number of aromatic nitrogens is 1. The van der Waals surface area contributed by atoms with Crippen LogP contribution in [0.3, 0.4) is 0 Å². The number of hydrogen-bond donors (Lipinski definition) is 2. The van der Waals surface area contributed by atoms with E-state index in [1.54, 1.807) is 6.20 Å². The Labute approximate surface area is 141 Å². The first-order valence-corrected chi connectivity index (χ1v) is 8.20. The van der Waals surface area contributed by atoms with Crippen LogP contribution in [0.4, 0.5) is 0 Å². The number of pyridine rings is 1. The monoisotopic (exact) mass is 329 g/mol. The predicted octanol–water partition coefficient (Wildman–Crippen LogP) is 2.92. The molecule has 23 heavy (non-hydrogen) atoms. The van der Waals surface area contributed by atoms with Crippen molar-refractivity contribution in [2.24, 2.45) is 5.92 Å². The molecule has 0 bridgehead atoms. The number of carbonyl (C=O) groups excluding carboxylic acids is 1. The highest BCUT2D eigenvalue weighted by molar-refractivity contribution is 6.30. The summed E-state index contributed by atoms with van der Waals surface area (Å²) in [5.74, 6) is 0.152. The minimum atomic E-state index is -0.102. The third kappa shape index (κ3) is 3.71. The van der Waals surface area contributed by atoms with Crippen LogP contribution in [0.1, 0.15) is 30.1 Å². The Hall–Kier alpha value is -1.91. The van der Waals surface area contributed by atoms with Crippen LogP contribution >= 0.6 is 11.6 Å². The lowest BCUT2D eigenvalue weighted by Gasteiger charge is -2.21. The smallest absolute Gasteiger partial charge is 0.225 e. The van der Waals surface area contributed by atoms with Crippen LogP contribution in [0.5, 0.6) is 0 Å². The van der Waals surface area contributed by atoms with Gasteiger partial charge in [0.05, 0.1) is 17.7 Å². The number of nitrogens with one attached hydrogen (secondary N) is 2. The van der Waals surface area contributed by atoms with Crippen molar-refractivity contribution in [3.63, 3.8) is 0 Å². The number of carbonyl (C=O) groups is 1. The molecule has 1 aliphatic heterocycles. The SMILES string of the molecule is C[C@@H](NC(=O)[C@H]1CNC[C@@H]1c1ccc(Cl)cc1)c1ccccn1. The van der Waals surface area contributed by atoms with Crippen molar-refractivity contribution in [2.45, 2.75) is 18.9 Å². The summed E-state index contributed by atoms with van der Waals surface area (Å²) in [6.07, 6.45) is 1.74. The van der Waals surface area contributed by atoms with Gasteiger partial charge in [-0.15, -0.1) is 0 Å². The lowest BCUT2D eigenvalue weighted by atomic mass is 9.88. The maximum atomic E-state index is 12.7. The molecule has 0 spiro atoms. The van der Waals surface area contributed by atoms with Crippen molar-refractivity contribution >= 4 is 17.5 Å². The third-order valence-corrected chi connectivity index (χ3v) is 4.59. The van der Waals surface area contributed by atoms with Crippen LogP contribution in [0.2, 0.25) is 5.02 Å². The Morgan fingerprint density at radius 1 is 1.26 bits per heavy atom. The first kappa shape index (κ1) is 16.0. The van der Waals surface area contributed by atoms with E-state index in [1.165, 1.54) is 0 Å². The van der Waals surface area contributed by atoms with E-state index in [0.717, 1.165) is 17.8 Å². The summed E-state index contributed by atoms with van der Waals surface area (Å²) in [5.41, 5.74) is 2.01. The lowest BCUT2D eigenvalue weighted by molar-refractivity contribution is -0.125. The van der Waals surface area contributed by atoms with Gasteiger partial charge < -0.3 is 10.6 Å². The highest BCUT2D eigenvalue weighted by atomic mass is 35.5. The second kappa shape index (κ2) is 7.11. The number of amides is 1. The van der Waals surface area contributed by atoms with Gasteiger partial charge in [0.25, 0.3) is 0 Å². The average molecular weight is 330 g/mol. The highest BCUT2D eigenvalue weighted by Gasteiger charge is 2.34. The van der Waals surface area contributed by atoms with Crippen molar-refractivity contribution < 1.29 is 4.79 Å². The van der Waals surface area contributed by atoms with Crippen molar-refractivity contribution in [1.82, 2.24) is 15.6 Å². The summed E-state index contributed by atoms with van der Waals surface area (Å²) >= 11 is 5.95. The lowest BCUT2D eigenvalue weighted by Crippen LogP contribution is -2.36. The van der Waals surface area contributed by atoms with E-state index < -0.39 is 0 Å². The zero-order valence-corrected chi connectivity index (χ0v) is 13.8. The maximum Gasteiger partial charge on any atom is 0.225 e. The molecule has 3 atom stereocenters. The molecule has 1 aliphatic rings. The molecule has 2 aromatic rings. The minimum Gasteiger partial charge on any atom is -0.348 e.